The molecule has 100 valence electrons. The lowest BCUT2D eigenvalue weighted by atomic mass is 9.85. The van der Waals surface area contributed by atoms with Gasteiger partial charge in [0.25, 0.3) is 0 Å². The van der Waals surface area contributed by atoms with Gasteiger partial charge in [-0.1, -0.05) is 53.6 Å². The van der Waals surface area contributed by atoms with Crippen LogP contribution in [0.15, 0.2) is 42.5 Å². The minimum Gasteiger partial charge on any atom is -0.330 e. The Morgan fingerprint density at radius 2 is 1.68 bits per heavy atom. The molecule has 0 saturated heterocycles. The third kappa shape index (κ3) is 3.24. The predicted octanol–water partition coefficient (Wildman–Crippen LogP) is 4.09. The van der Waals surface area contributed by atoms with E-state index in [-0.39, 0.29) is 0 Å². The fraction of sp³-hybridized carbons (Fsp3) is 0.333. The van der Waals surface area contributed by atoms with Gasteiger partial charge in [-0.05, 0) is 50.4 Å². The van der Waals surface area contributed by atoms with E-state index in [4.69, 9.17) is 5.73 Å². The molecule has 0 fully saturated rings. The molecule has 0 spiro atoms. The molecular weight excluding hydrogens is 230 g/mol. The van der Waals surface area contributed by atoms with Gasteiger partial charge >= 0.3 is 0 Å². The first kappa shape index (κ1) is 13.8. The van der Waals surface area contributed by atoms with Crippen LogP contribution in [0.3, 0.4) is 0 Å². The Hall–Kier alpha value is -1.60. The lowest BCUT2D eigenvalue weighted by molar-refractivity contribution is 0.721. The van der Waals surface area contributed by atoms with Crippen molar-refractivity contribution in [2.24, 2.45) is 5.73 Å². The van der Waals surface area contributed by atoms with Crippen LogP contribution in [0.4, 0.5) is 0 Å². The van der Waals surface area contributed by atoms with Gasteiger partial charge in [-0.25, -0.2) is 0 Å². The highest BCUT2D eigenvalue weighted by atomic mass is 14.5. The summed E-state index contributed by atoms with van der Waals surface area (Å²) in [6, 6.07) is 15.5. The van der Waals surface area contributed by atoms with Crippen LogP contribution < -0.4 is 5.73 Å². The second-order valence-corrected chi connectivity index (χ2v) is 5.40. The summed E-state index contributed by atoms with van der Waals surface area (Å²) in [6.07, 6.45) is 0.994. The van der Waals surface area contributed by atoms with Crippen LogP contribution in [-0.2, 0) is 0 Å². The Kier molecular flexibility index (Phi) is 4.39. The van der Waals surface area contributed by atoms with Gasteiger partial charge in [0.1, 0.15) is 0 Å². The molecule has 0 heterocycles. The van der Waals surface area contributed by atoms with Crippen molar-refractivity contribution in [1.29, 1.82) is 0 Å². The summed E-state index contributed by atoms with van der Waals surface area (Å²) < 4.78 is 0. The first-order valence-corrected chi connectivity index (χ1v) is 6.95. The summed E-state index contributed by atoms with van der Waals surface area (Å²) in [5.41, 5.74) is 12.6. The van der Waals surface area contributed by atoms with E-state index in [9.17, 15) is 0 Å². The molecule has 1 unspecified atom stereocenters. The fourth-order valence-corrected chi connectivity index (χ4v) is 2.69. The molecule has 0 aliphatic rings. The SMILES string of the molecule is Cc1cccc(C(CCN)c2cc(C)ccc2C)c1. The number of benzene rings is 2. The van der Waals surface area contributed by atoms with Crippen molar-refractivity contribution in [3.63, 3.8) is 0 Å². The van der Waals surface area contributed by atoms with E-state index < -0.39 is 0 Å². The Bertz CT molecular complexity index is 557. The first-order chi connectivity index (χ1) is 9.11. The third-order valence-electron chi connectivity index (χ3n) is 3.71. The monoisotopic (exact) mass is 253 g/mol. The molecule has 2 N–H and O–H groups in total. The molecule has 0 aliphatic carbocycles. The van der Waals surface area contributed by atoms with Gasteiger partial charge in [0.05, 0.1) is 0 Å². The molecule has 0 saturated carbocycles. The van der Waals surface area contributed by atoms with Crippen LogP contribution >= 0.6 is 0 Å². The second-order valence-electron chi connectivity index (χ2n) is 5.40. The molecule has 2 rings (SSSR count). The summed E-state index contributed by atoms with van der Waals surface area (Å²) in [6.45, 7) is 7.20. The summed E-state index contributed by atoms with van der Waals surface area (Å²) in [5, 5.41) is 0. The van der Waals surface area contributed by atoms with Crippen LogP contribution in [-0.4, -0.2) is 6.54 Å². The first-order valence-electron chi connectivity index (χ1n) is 6.95. The number of hydrogen-bond acceptors (Lipinski definition) is 1. The fourth-order valence-electron chi connectivity index (χ4n) is 2.69. The lowest BCUT2D eigenvalue weighted by Gasteiger charge is -2.20. The summed E-state index contributed by atoms with van der Waals surface area (Å²) in [4.78, 5) is 0. The Morgan fingerprint density at radius 3 is 2.37 bits per heavy atom. The van der Waals surface area contributed by atoms with Crippen molar-refractivity contribution in [3.8, 4) is 0 Å². The molecule has 2 aromatic rings. The highest BCUT2D eigenvalue weighted by Crippen LogP contribution is 2.31. The predicted molar refractivity (Wildman–Crippen MR) is 82.6 cm³/mol. The van der Waals surface area contributed by atoms with Crippen LogP contribution in [0.1, 0.15) is 40.2 Å². The number of aryl methyl sites for hydroxylation is 3. The molecule has 1 nitrogen and oxygen atoms in total. The number of hydrogen-bond donors (Lipinski definition) is 1. The quantitative estimate of drug-likeness (QED) is 0.872. The summed E-state index contributed by atoms with van der Waals surface area (Å²) in [5.74, 6) is 0.407. The average Bonchev–Trinajstić information content (AvgIpc) is 2.39. The van der Waals surface area contributed by atoms with Crippen LogP contribution in [0.5, 0.6) is 0 Å². The van der Waals surface area contributed by atoms with Crippen LogP contribution in [0.2, 0.25) is 0 Å². The number of rotatable bonds is 4. The molecule has 0 bridgehead atoms. The van der Waals surface area contributed by atoms with Crippen molar-refractivity contribution in [2.75, 3.05) is 6.54 Å². The van der Waals surface area contributed by atoms with E-state index in [0.717, 1.165) is 6.42 Å². The highest BCUT2D eigenvalue weighted by Gasteiger charge is 2.15. The minimum atomic E-state index is 0.407. The zero-order chi connectivity index (χ0) is 13.8. The van der Waals surface area contributed by atoms with Crippen LogP contribution in [0, 0.1) is 20.8 Å². The molecule has 0 radical (unpaired) electrons. The maximum absolute atomic E-state index is 5.83. The van der Waals surface area contributed by atoms with Gasteiger partial charge in [0, 0.05) is 5.92 Å². The normalized spacial score (nSPS) is 12.4. The van der Waals surface area contributed by atoms with E-state index in [1.165, 1.54) is 27.8 Å². The highest BCUT2D eigenvalue weighted by molar-refractivity contribution is 5.40. The summed E-state index contributed by atoms with van der Waals surface area (Å²) >= 11 is 0. The van der Waals surface area contributed by atoms with E-state index in [2.05, 4.69) is 63.2 Å². The standard InChI is InChI=1S/C18H23N/c1-13-5-4-6-16(11-13)17(9-10-19)18-12-14(2)7-8-15(18)3/h4-8,11-12,17H,9-10,19H2,1-3H3. The van der Waals surface area contributed by atoms with E-state index in [1.54, 1.807) is 0 Å². The topological polar surface area (TPSA) is 26.0 Å². The largest absolute Gasteiger partial charge is 0.330 e. The maximum Gasteiger partial charge on any atom is 0.0104 e. The zero-order valence-electron chi connectivity index (χ0n) is 12.1. The van der Waals surface area contributed by atoms with E-state index in [0.29, 0.717) is 12.5 Å². The van der Waals surface area contributed by atoms with Gasteiger partial charge in [-0.2, -0.15) is 0 Å². The van der Waals surface area contributed by atoms with Crippen molar-refractivity contribution < 1.29 is 0 Å². The molecule has 0 aliphatic heterocycles. The molecule has 1 heteroatoms. The molecule has 2 aromatic carbocycles. The molecule has 0 amide bonds. The summed E-state index contributed by atoms with van der Waals surface area (Å²) in [7, 11) is 0. The van der Waals surface area contributed by atoms with Gasteiger partial charge in [0.15, 0.2) is 0 Å². The number of nitrogens with two attached hydrogens (primary N) is 1. The van der Waals surface area contributed by atoms with Crippen molar-refractivity contribution in [3.05, 3.63) is 70.3 Å². The van der Waals surface area contributed by atoms with E-state index in [1.807, 2.05) is 0 Å². The smallest absolute Gasteiger partial charge is 0.0104 e. The Labute approximate surface area is 116 Å². The van der Waals surface area contributed by atoms with Crippen molar-refractivity contribution >= 4 is 0 Å². The zero-order valence-corrected chi connectivity index (χ0v) is 12.1. The average molecular weight is 253 g/mol. The maximum atomic E-state index is 5.83. The molecule has 19 heavy (non-hydrogen) atoms. The molecule has 0 aromatic heterocycles. The van der Waals surface area contributed by atoms with Gasteiger partial charge < -0.3 is 5.73 Å². The van der Waals surface area contributed by atoms with Crippen molar-refractivity contribution in [1.82, 2.24) is 0 Å². The van der Waals surface area contributed by atoms with Crippen molar-refractivity contribution in [2.45, 2.75) is 33.1 Å². The van der Waals surface area contributed by atoms with E-state index >= 15 is 0 Å². The molecule has 1 atom stereocenters. The lowest BCUT2D eigenvalue weighted by Crippen LogP contribution is -2.10. The Morgan fingerprint density at radius 1 is 0.947 bits per heavy atom. The van der Waals surface area contributed by atoms with Gasteiger partial charge in [-0.15, -0.1) is 0 Å². The second kappa shape index (κ2) is 6.03. The Balaban J connectivity index is 2.48. The molecular formula is C18H23N. The van der Waals surface area contributed by atoms with Crippen LogP contribution in [0.25, 0.3) is 0 Å². The van der Waals surface area contributed by atoms with Gasteiger partial charge in [0.2, 0.25) is 0 Å². The minimum absolute atomic E-state index is 0.407. The third-order valence-corrected chi connectivity index (χ3v) is 3.71. The van der Waals surface area contributed by atoms with Gasteiger partial charge in [-0.3, -0.25) is 0 Å².